The Labute approximate surface area is 106 Å². The number of hydrogen-bond donors (Lipinski definition) is 1. The van der Waals surface area contributed by atoms with Gasteiger partial charge in [0.2, 0.25) is 0 Å². The molecule has 0 aromatic carbocycles. The van der Waals surface area contributed by atoms with Crippen LogP contribution in [0.1, 0.15) is 46.5 Å². The van der Waals surface area contributed by atoms with Crippen molar-refractivity contribution in [2.75, 3.05) is 26.9 Å². The molecule has 1 fully saturated rings. The minimum absolute atomic E-state index is 0.333. The Morgan fingerprint density at radius 3 is 2.41 bits per heavy atom. The van der Waals surface area contributed by atoms with E-state index in [-0.39, 0.29) is 0 Å². The highest BCUT2D eigenvalue weighted by Gasteiger charge is 2.27. The van der Waals surface area contributed by atoms with Gasteiger partial charge in [-0.25, -0.2) is 0 Å². The molecule has 1 aliphatic carbocycles. The van der Waals surface area contributed by atoms with Gasteiger partial charge in [0, 0.05) is 7.11 Å². The summed E-state index contributed by atoms with van der Waals surface area (Å²) in [6, 6.07) is 0.333. The first-order chi connectivity index (χ1) is 8.07. The van der Waals surface area contributed by atoms with E-state index < -0.39 is 0 Å². The highest BCUT2D eigenvalue weighted by atomic mass is 16.5. The van der Waals surface area contributed by atoms with Crippen molar-refractivity contribution < 1.29 is 9.47 Å². The Morgan fingerprint density at radius 1 is 1.24 bits per heavy atom. The van der Waals surface area contributed by atoms with Crippen LogP contribution < -0.4 is 5.32 Å². The Kier molecular flexibility index (Phi) is 6.45. The van der Waals surface area contributed by atoms with E-state index in [1.165, 1.54) is 25.7 Å². The molecule has 3 heteroatoms. The zero-order valence-corrected chi connectivity index (χ0v) is 11.9. The highest BCUT2D eigenvalue weighted by Crippen LogP contribution is 2.36. The van der Waals surface area contributed by atoms with Gasteiger partial charge in [-0.3, -0.25) is 0 Å². The summed E-state index contributed by atoms with van der Waals surface area (Å²) in [6.45, 7) is 9.30. The van der Waals surface area contributed by atoms with Crippen molar-refractivity contribution >= 4 is 0 Å². The first-order valence-electron chi connectivity index (χ1n) is 6.91. The smallest absolute Gasteiger partial charge is 0.0645 e. The second kappa shape index (κ2) is 7.34. The first-order valence-corrected chi connectivity index (χ1v) is 6.91. The minimum Gasteiger partial charge on any atom is -0.383 e. The number of likely N-dealkylation sites (N-methyl/N-ethyl adjacent to an activating group) is 1. The van der Waals surface area contributed by atoms with Crippen molar-refractivity contribution in [2.24, 2.45) is 5.41 Å². The van der Waals surface area contributed by atoms with Gasteiger partial charge in [0.15, 0.2) is 0 Å². The molecule has 0 amide bonds. The van der Waals surface area contributed by atoms with Crippen molar-refractivity contribution in [1.82, 2.24) is 5.32 Å². The predicted octanol–water partition coefficient (Wildman–Crippen LogP) is 2.60. The maximum Gasteiger partial charge on any atom is 0.0645 e. The van der Waals surface area contributed by atoms with Crippen LogP contribution in [0.2, 0.25) is 0 Å². The average molecular weight is 243 g/mol. The monoisotopic (exact) mass is 243 g/mol. The molecule has 0 spiro atoms. The standard InChI is InChI=1S/C14H29NO2/c1-5-15-12(10-16-4)11-17-13-6-8-14(2,3)9-7-13/h12-13,15H,5-11H2,1-4H3. The molecule has 17 heavy (non-hydrogen) atoms. The lowest BCUT2D eigenvalue weighted by Gasteiger charge is -2.34. The fraction of sp³-hybridized carbons (Fsp3) is 1.00. The van der Waals surface area contributed by atoms with Crippen LogP contribution in [-0.4, -0.2) is 39.0 Å². The van der Waals surface area contributed by atoms with Crippen LogP contribution >= 0.6 is 0 Å². The van der Waals surface area contributed by atoms with Crippen LogP contribution in [0.5, 0.6) is 0 Å². The predicted molar refractivity (Wildman–Crippen MR) is 71.3 cm³/mol. The van der Waals surface area contributed by atoms with Gasteiger partial charge in [0.1, 0.15) is 0 Å². The van der Waals surface area contributed by atoms with E-state index in [4.69, 9.17) is 9.47 Å². The molecule has 0 radical (unpaired) electrons. The molecule has 1 saturated carbocycles. The quantitative estimate of drug-likeness (QED) is 0.745. The summed E-state index contributed by atoms with van der Waals surface area (Å²) in [5, 5.41) is 3.39. The van der Waals surface area contributed by atoms with Crippen molar-refractivity contribution in [3.05, 3.63) is 0 Å². The van der Waals surface area contributed by atoms with E-state index in [2.05, 4.69) is 26.1 Å². The van der Waals surface area contributed by atoms with Gasteiger partial charge in [-0.15, -0.1) is 0 Å². The van der Waals surface area contributed by atoms with Gasteiger partial charge < -0.3 is 14.8 Å². The number of ether oxygens (including phenoxy) is 2. The third-order valence-corrected chi connectivity index (χ3v) is 3.68. The summed E-state index contributed by atoms with van der Waals surface area (Å²) in [6.07, 6.45) is 5.44. The van der Waals surface area contributed by atoms with Crippen LogP contribution in [0, 0.1) is 5.41 Å². The van der Waals surface area contributed by atoms with E-state index in [0.29, 0.717) is 17.6 Å². The molecule has 3 nitrogen and oxygen atoms in total. The van der Waals surface area contributed by atoms with Crippen molar-refractivity contribution in [2.45, 2.75) is 58.6 Å². The van der Waals surface area contributed by atoms with Crippen molar-refractivity contribution in [1.29, 1.82) is 0 Å². The molecule has 1 N–H and O–H groups in total. The molecule has 1 atom stereocenters. The van der Waals surface area contributed by atoms with Crippen LogP contribution in [0.3, 0.4) is 0 Å². The molecule has 1 rings (SSSR count). The summed E-state index contributed by atoms with van der Waals surface area (Å²) in [5.74, 6) is 0. The van der Waals surface area contributed by atoms with E-state index in [1.54, 1.807) is 7.11 Å². The van der Waals surface area contributed by atoms with Crippen molar-refractivity contribution in [3.8, 4) is 0 Å². The lowest BCUT2D eigenvalue weighted by Crippen LogP contribution is -2.39. The van der Waals surface area contributed by atoms with Crippen LogP contribution in [0.15, 0.2) is 0 Å². The third kappa shape index (κ3) is 5.84. The maximum atomic E-state index is 6.00. The molecule has 0 bridgehead atoms. The van der Waals surface area contributed by atoms with E-state index >= 15 is 0 Å². The van der Waals surface area contributed by atoms with Gasteiger partial charge in [-0.2, -0.15) is 0 Å². The third-order valence-electron chi connectivity index (χ3n) is 3.68. The molecule has 102 valence electrons. The Balaban J connectivity index is 2.21. The Hall–Kier alpha value is -0.120. The molecule has 1 aliphatic rings. The summed E-state index contributed by atoms with van der Waals surface area (Å²) in [7, 11) is 1.74. The van der Waals surface area contributed by atoms with E-state index in [0.717, 1.165) is 19.8 Å². The molecule has 0 aromatic rings. The van der Waals surface area contributed by atoms with E-state index in [1.807, 2.05) is 0 Å². The zero-order chi connectivity index (χ0) is 12.7. The van der Waals surface area contributed by atoms with Crippen molar-refractivity contribution in [3.63, 3.8) is 0 Å². The summed E-state index contributed by atoms with van der Waals surface area (Å²) in [4.78, 5) is 0. The summed E-state index contributed by atoms with van der Waals surface area (Å²) in [5.41, 5.74) is 0.521. The maximum absolute atomic E-state index is 6.00. The number of hydrogen-bond acceptors (Lipinski definition) is 3. The number of rotatable bonds is 7. The first kappa shape index (κ1) is 14.9. The molecule has 0 saturated heterocycles. The fourth-order valence-corrected chi connectivity index (χ4v) is 2.45. The van der Waals surface area contributed by atoms with Gasteiger partial charge >= 0.3 is 0 Å². The second-order valence-corrected chi connectivity index (χ2v) is 5.91. The number of methoxy groups -OCH3 is 1. The van der Waals surface area contributed by atoms with E-state index in [9.17, 15) is 0 Å². The Morgan fingerprint density at radius 2 is 1.88 bits per heavy atom. The largest absolute Gasteiger partial charge is 0.383 e. The topological polar surface area (TPSA) is 30.5 Å². The van der Waals surface area contributed by atoms with Crippen LogP contribution in [-0.2, 0) is 9.47 Å². The van der Waals surface area contributed by atoms with Gasteiger partial charge in [-0.05, 0) is 37.6 Å². The molecule has 1 unspecified atom stereocenters. The lowest BCUT2D eigenvalue weighted by molar-refractivity contribution is -0.0146. The summed E-state index contributed by atoms with van der Waals surface area (Å²) < 4.78 is 11.2. The molecule has 0 heterocycles. The minimum atomic E-state index is 0.333. The molecule has 0 aromatic heterocycles. The van der Waals surface area contributed by atoms with Gasteiger partial charge in [-0.1, -0.05) is 20.8 Å². The van der Waals surface area contributed by atoms with Gasteiger partial charge in [0.05, 0.1) is 25.4 Å². The fourth-order valence-electron chi connectivity index (χ4n) is 2.45. The summed E-state index contributed by atoms with van der Waals surface area (Å²) >= 11 is 0. The highest BCUT2D eigenvalue weighted by molar-refractivity contribution is 4.79. The zero-order valence-electron chi connectivity index (χ0n) is 11.9. The lowest BCUT2D eigenvalue weighted by atomic mass is 9.76. The average Bonchev–Trinajstić information content (AvgIpc) is 2.28. The van der Waals surface area contributed by atoms with Gasteiger partial charge in [0.25, 0.3) is 0 Å². The normalized spacial score (nSPS) is 22.6. The molecule has 0 aliphatic heterocycles. The SMILES string of the molecule is CCNC(COC)COC1CCC(C)(C)CC1. The van der Waals surface area contributed by atoms with Crippen LogP contribution in [0.25, 0.3) is 0 Å². The number of nitrogens with one attached hydrogen (secondary N) is 1. The van der Waals surface area contributed by atoms with Crippen LogP contribution in [0.4, 0.5) is 0 Å². The molecular formula is C14H29NO2. The Bertz CT molecular complexity index is 190. The second-order valence-electron chi connectivity index (χ2n) is 5.91. The molecular weight excluding hydrogens is 214 g/mol.